The van der Waals surface area contributed by atoms with Gasteiger partial charge in [0.25, 0.3) is 5.91 Å². The van der Waals surface area contributed by atoms with E-state index in [4.69, 9.17) is 0 Å². The third-order valence-electron chi connectivity index (χ3n) is 2.96. The second-order valence-corrected chi connectivity index (χ2v) is 4.39. The van der Waals surface area contributed by atoms with Crippen molar-refractivity contribution < 1.29 is 9.18 Å². The fourth-order valence-corrected chi connectivity index (χ4v) is 1.91. The fourth-order valence-electron chi connectivity index (χ4n) is 1.91. The number of aromatic amines is 1. The number of hydrogen-bond donors (Lipinski definition) is 1. The monoisotopic (exact) mass is 274 g/mol. The lowest BCUT2D eigenvalue weighted by atomic mass is 10.2. The lowest BCUT2D eigenvalue weighted by molar-refractivity contribution is 0.0752. The maximum atomic E-state index is 13.1. The van der Waals surface area contributed by atoms with Gasteiger partial charge in [-0.1, -0.05) is 12.1 Å². The molecule has 0 fully saturated rings. The third-order valence-corrected chi connectivity index (χ3v) is 2.96. The Morgan fingerprint density at radius 2 is 2.10 bits per heavy atom. The summed E-state index contributed by atoms with van der Waals surface area (Å²) in [6, 6.07) is 8.94. The number of pyridine rings is 1. The molecule has 1 amide bonds. The van der Waals surface area contributed by atoms with Gasteiger partial charge in [0.2, 0.25) is 5.56 Å². The van der Waals surface area contributed by atoms with Crippen molar-refractivity contribution in [3.8, 4) is 0 Å². The van der Waals surface area contributed by atoms with Gasteiger partial charge < -0.3 is 9.88 Å². The summed E-state index contributed by atoms with van der Waals surface area (Å²) in [4.78, 5) is 27.3. The molecule has 5 heteroatoms. The topological polar surface area (TPSA) is 53.2 Å². The molecule has 0 saturated carbocycles. The predicted molar refractivity (Wildman–Crippen MR) is 73.9 cm³/mol. The third kappa shape index (κ3) is 3.32. The average Bonchev–Trinajstić information content (AvgIpc) is 2.45. The van der Waals surface area contributed by atoms with Gasteiger partial charge in [0.05, 0.1) is 5.56 Å². The van der Waals surface area contributed by atoms with Crippen LogP contribution < -0.4 is 5.56 Å². The Morgan fingerprint density at radius 3 is 2.70 bits per heavy atom. The number of rotatable bonds is 4. The molecule has 20 heavy (non-hydrogen) atoms. The summed E-state index contributed by atoms with van der Waals surface area (Å²) in [6.45, 7) is 2.67. The van der Waals surface area contributed by atoms with Gasteiger partial charge >= 0.3 is 0 Å². The fraction of sp³-hybridized carbons (Fsp3) is 0.200. The lowest BCUT2D eigenvalue weighted by Crippen LogP contribution is -2.30. The van der Waals surface area contributed by atoms with Crippen molar-refractivity contribution in [2.24, 2.45) is 0 Å². The largest absolute Gasteiger partial charge is 0.335 e. The van der Waals surface area contributed by atoms with E-state index in [0.29, 0.717) is 18.7 Å². The normalized spacial score (nSPS) is 10.3. The minimum absolute atomic E-state index is 0.201. The lowest BCUT2D eigenvalue weighted by Gasteiger charge is -2.21. The van der Waals surface area contributed by atoms with Crippen LogP contribution in [-0.2, 0) is 6.54 Å². The number of aromatic nitrogens is 1. The average molecular weight is 274 g/mol. The molecule has 0 aliphatic heterocycles. The number of nitrogens with zero attached hydrogens (tertiary/aromatic N) is 1. The van der Waals surface area contributed by atoms with Crippen molar-refractivity contribution in [3.63, 3.8) is 0 Å². The minimum Gasteiger partial charge on any atom is -0.335 e. The molecule has 0 atom stereocenters. The zero-order valence-electron chi connectivity index (χ0n) is 11.1. The number of halogens is 1. The molecule has 1 aromatic heterocycles. The van der Waals surface area contributed by atoms with Crippen LogP contribution in [0.15, 0.2) is 47.4 Å². The first-order valence-electron chi connectivity index (χ1n) is 6.32. The molecular weight excluding hydrogens is 259 g/mol. The van der Waals surface area contributed by atoms with Crippen LogP contribution in [0.25, 0.3) is 0 Å². The number of nitrogens with one attached hydrogen (secondary N) is 1. The van der Waals surface area contributed by atoms with E-state index in [2.05, 4.69) is 4.98 Å². The van der Waals surface area contributed by atoms with Crippen molar-refractivity contribution in [3.05, 3.63) is 69.9 Å². The second kappa shape index (κ2) is 6.14. The first-order valence-corrected chi connectivity index (χ1v) is 6.32. The van der Waals surface area contributed by atoms with E-state index in [9.17, 15) is 14.0 Å². The summed E-state index contributed by atoms with van der Waals surface area (Å²) in [7, 11) is 0. The molecule has 4 nitrogen and oxygen atoms in total. The quantitative estimate of drug-likeness (QED) is 0.929. The molecule has 0 unspecified atom stereocenters. The SMILES string of the molecule is CCN(Cc1cccc(F)c1)C(=O)c1ccc(=O)[nH]c1. The molecule has 1 aromatic carbocycles. The van der Waals surface area contributed by atoms with E-state index in [1.165, 1.54) is 30.5 Å². The van der Waals surface area contributed by atoms with Crippen LogP contribution in [0, 0.1) is 5.82 Å². The summed E-state index contributed by atoms with van der Waals surface area (Å²) in [5, 5.41) is 0. The van der Waals surface area contributed by atoms with Gasteiger partial charge in [0.15, 0.2) is 0 Å². The van der Waals surface area contributed by atoms with E-state index >= 15 is 0 Å². The van der Waals surface area contributed by atoms with Crippen LogP contribution in [0.1, 0.15) is 22.8 Å². The van der Waals surface area contributed by atoms with Crippen molar-refractivity contribution in [2.75, 3.05) is 6.54 Å². The molecule has 2 aromatic rings. The van der Waals surface area contributed by atoms with E-state index < -0.39 is 0 Å². The summed E-state index contributed by atoms with van der Waals surface area (Å²) in [5.41, 5.74) is 0.877. The van der Waals surface area contributed by atoms with Crippen LogP contribution in [0.2, 0.25) is 0 Å². The highest BCUT2D eigenvalue weighted by Crippen LogP contribution is 2.10. The number of H-pyrrole nitrogens is 1. The van der Waals surface area contributed by atoms with Crippen LogP contribution in [0.3, 0.4) is 0 Å². The molecule has 2 rings (SSSR count). The number of carbonyl (C=O) groups is 1. The van der Waals surface area contributed by atoms with E-state index in [1.54, 1.807) is 17.0 Å². The molecule has 0 radical (unpaired) electrons. The maximum absolute atomic E-state index is 13.1. The highest BCUT2D eigenvalue weighted by atomic mass is 19.1. The van der Waals surface area contributed by atoms with Crippen LogP contribution in [0.5, 0.6) is 0 Å². The smallest absolute Gasteiger partial charge is 0.255 e. The molecular formula is C15H15FN2O2. The molecule has 0 spiro atoms. The Morgan fingerprint density at radius 1 is 1.30 bits per heavy atom. The summed E-state index contributed by atoms with van der Waals surface area (Å²) in [5.74, 6) is -0.525. The zero-order chi connectivity index (χ0) is 14.5. The number of hydrogen-bond acceptors (Lipinski definition) is 2. The standard InChI is InChI=1S/C15H15FN2O2/c1-2-18(10-11-4-3-5-13(16)8-11)15(20)12-6-7-14(19)17-9-12/h3-9H,2,10H2,1H3,(H,17,19). The van der Waals surface area contributed by atoms with Gasteiger partial charge in [-0.05, 0) is 30.7 Å². The first-order chi connectivity index (χ1) is 9.60. The van der Waals surface area contributed by atoms with Crippen molar-refractivity contribution in [1.29, 1.82) is 0 Å². The highest BCUT2D eigenvalue weighted by Gasteiger charge is 2.14. The Kier molecular flexibility index (Phi) is 4.30. The zero-order valence-corrected chi connectivity index (χ0v) is 11.1. The Balaban J connectivity index is 2.17. The van der Waals surface area contributed by atoms with Crippen LogP contribution >= 0.6 is 0 Å². The van der Waals surface area contributed by atoms with Crippen molar-refractivity contribution in [2.45, 2.75) is 13.5 Å². The molecule has 0 saturated heterocycles. The number of benzene rings is 1. The molecule has 104 valence electrons. The van der Waals surface area contributed by atoms with E-state index in [0.717, 1.165) is 5.56 Å². The Labute approximate surface area is 115 Å². The molecule has 0 aliphatic rings. The predicted octanol–water partition coefficient (Wildman–Crippen LogP) is 2.18. The summed E-state index contributed by atoms with van der Waals surface area (Å²) < 4.78 is 13.1. The summed E-state index contributed by atoms with van der Waals surface area (Å²) in [6.07, 6.45) is 1.39. The number of carbonyl (C=O) groups excluding carboxylic acids is 1. The van der Waals surface area contributed by atoms with Crippen LogP contribution in [-0.4, -0.2) is 22.3 Å². The van der Waals surface area contributed by atoms with Crippen LogP contribution in [0.4, 0.5) is 4.39 Å². The van der Waals surface area contributed by atoms with Gasteiger partial charge in [-0.2, -0.15) is 0 Å². The first kappa shape index (κ1) is 14.0. The molecule has 1 N–H and O–H groups in total. The summed E-state index contributed by atoms with van der Waals surface area (Å²) >= 11 is 0. The van der Waals surface area contributed by atoms with Crippen molar-refractivity contribution in [1.82, 2.24) is 9.88 Å². The molecule has 1 heterocycles. The van der Waals surface area contributed by atoms with Crippen molar-refractivity contribution >= 4 is 5.91 Å². The van der Waals surface area contributed by atoms with Gasteiger partial charge in [-0.15, -0.1) is 0 Å². The van der Waals surface area contributed by atoms with Gasteiger partial charge in [0, 0.05) is 25.4 Å². The minimum atomic E-state index is -0.324. The Hall–Kier alpha value is -2.43. The van der Waals surface area contributed by atoms with E-state index in [1.807, 2.05) is 6.92 Å². The van der Waals surface area contributed by atoms with Gasteiger partial charge in [-0.25, -0.2) is 4.39 Å². The van der Waals surface area contributed by atoms with E-state index in [-0.39, 0.29) is 17.3 Å². The molecule has 0 aliphatic carbocycles. The Bertz CT molecular complexity index is 646. The maximum Gasteiger partial charge on any atom is 0.255 e. The van der Waals surface area contributed by atoms with Gasteiger partial charge in [-0.3, -0.25) is 9.59 Å². The molecule has 0 bridgehead atoms. The highest BCUT2D eigenvalue weighted by molar-refractivity contribution is 5.93. The second-order valence-electron chi connectivity index (χ2n) is 4.39. The number of amides is 1. The van der Waals surface area contributed by atoms with Gasteiger partial charge in [0.1, 0.15) is 5.82 Å².